The monoisotopic (exact) mass is 242 g/mol. The van der Waals surface area contributed by atoms with Gasteiger partial charge in [-0.25, -0.2) is 4.98 Å². The molecule has 0 radical (unpaired) electrons. The number of aromatic amines is 1. The molecule has 1 heterocycles. The highest BCUT2D eigenvalue weighted by Gasteiger charge is 2.15. The third-order valence-corrected chi connectivity index (χ3v) is 4.18. The van der Waals surface area contributed by atoms with E-state index >= 15 is 0 Å². The van der Waals surface area contributed by atoms with E-state index in [0.717, 1.165) is 17.3 Å². The topological polar surface area (TPSA) is 28.7 Å². The second kappa shape index (κ2) is 4.42. The van der Waals surface area contributed by atoms with E-state index < -0.39 is 0 Å². The van der Waals surface area contributed by atoms with Gasteiger partial charge in [0.25, 0.3) is 0 Å². The quantitative estimate of drug-likeness (QED) is 0.746. The summed E-state index contributed by atoms with van der Waals surface area (Å²) in [6.07, 6.45) is 5.09. The zero-order valence-electron chi connectivity index (χ0n) is 11.6. The molecule has 0 fully saturated rings. The van der Waals surface area contributed by atoms with Crippen molar-refractivity contribution in [1.82, 2.24) is 9.97 Å². The molecule has 1 aliphatic carbocycles. The van der Waals surface area contributed by atoms with Gasteiger partial charge in [-0.2, -0.15) is 0 Å². The number of hydrogen-bond acceptors (Lipinski definition) is 1. The van der Waals surface area contributed by atoms with Crippen LogP contribution in [-0.2, 0) is 12.8 Å². The zero-order chi connectivity index (χ0) is 12.7. The Kier molecular flexibility index (Phi) is 2.89. The first-order chi connectivity index (χ1) is 8.63. The van der Waals surface area contributed by atoms with Crippen molar-refractivity contribution >= 4 is 11.0 Å². The number of rotatable bonds is 1. The van der Waals surface area contributed by atoms with Crippen molar-refractivity contribution in [1.29, 1.82) is 0 Å². The van der Waals surface area contributed by atoms with Gasteiger partial charge in [-0.15, -0.1) is 0 Å². The van der Waals surface area contributed by atoms with Crippen LogP contribution in [0.5, 0.6) is 0 Å². The van der Waals surface area contributed by atoms with Crippen LogP contribution in [0, 0.1) is 5.92 Å². The molecule has 0 spiro atoms. The second-order valence-electron chi connectivity index (χ2n) is 6.10. The molecule has 0 amide bonds. The molecule has 18 heavy (non-hydrogen) atoms. The van der Waals surface area contributed by atoms with Crippen LogP contribution in [0.25, 0.3) is 11.0 Å². The largest absolute Gasteiger partial charge is 0.342 e. The van der Waals surface area contributed by atoms with Crippen molar-refractivity contribution < 1.29 is 0 Å². The summed E-state index contributed by atoms with van der Waals surface area (Å²) in [5.74, 6) is 2.44. The maximum absolute atomic E-state index is 4.71. The highest BCUT2D eigenvalue weighted by molar-refractivity contribution is 5.77. The predicted molar refractivity (Wildman–Crippen MR) is 76.0 cm³/mol. The first-order valence-corrected chi connectivity index (χ1v) is 7.15. The molecule has 2 heteroatoms. The Hall–Kier alpha value is -1.31. The SMILES string of the molecule is CC1CCc2cc3nc(C(C)C)[nH]c3cc2CC1. The molecule has 1 atom stereocenters. The lowest BCUT2D eigenvalue weighted by atomic mass is 10.0. The van der Waals surface area contributed by atoms with Crippen molar-refractivity contribution in [2.75, 3.05) is 0 Å². The number of nitrogens with one attached hydrogen (secondary N) is 1. The molecule has 3 rings (SSSR count). The van der Waals surface area contributed by atoms with E-state index in [9.17, 15) is 0 Å². The molecule has 2 nitrogen and oxygen atoms in total. The number of aromatic nitrogens is 2. The molecule has 0 aliphatic heterocycles. The summed E-state index contributed by atoms with van der Waals surface area (Å²) in [7, 11) is 0. The fourth-order valence-corrected chi connectivity index (χ4v) is 2.85. The lowest BCUT2D eigenvalue weighted by molar-refractivity contribution is 0.510. The summed E-state index contributed by atoms with van der Waals surface area (Å²) >= 11 is 0. The molecule has 96 valence electrons. The minimum Gasteiger partial charge on any atom is -0.342 e. The standard InChI is InChI=1S/C16H22N2/c1-10(2)16-17-14-8-12-6-4-11(3)5-7-13(12)9-15(14)18-16/h8-11H,4-7H2,1-3H3,(H,17,18). The molecule has 0 bridgehead atoms. The van der Waals surface area contributed by atoms with Gasteiger partial charge >= 0.3 is 0 Å². The Balaban J connectivity index is 2.06. The molecular weight excluding hydrogens is 220 g/mol. The maximum Gasteiger partial charge on any atom is 0.109 e. The first-order valence-electron chi connectivity index (χ1n) is 7.15. The van der Waals surface area contributed by atoms with E-state index in [1.54, 1.807) is 0 Å². The number of fused-ring (bicyclic) bond motifs is 2. The van der Waals surface area contributed by atoms with Crippen LogP contribution in [0.3, 0.4) is 0 Å². The highest BCUT2D eigenvalue weighted by atomic mass is 14.9. The van der Waals surface area contributed by atoms with E-state index in [-0.39, 0.29) is 0 Å². The van der Waals surface area contributed by atoms with Crippen molar-refractivity contribution in [2.24, 2.45) is 5.92 Å². The van der Waals surface area contributed by atoms with Gasteiger partial charge in [0.2, 0.25) is 0 Å². The van der Waals surface area contributed by atoms with Crippen LogP contribution in [0.4, 0.5) is 0 Å². The van der Waals surface area contributed by atoms with E-state index in [2.05, 4.69) is 37.9 Å². The van der Waals surface area contributed by atoms with Gasteiger partial charge in [-0.1, -0.05) is 20.8 Å². The molecule has 1 N–H and O–H groups in total. The molecule has 0 saturated heterocycles. The minimum absolute atomic E-state index is 0.470. The van der Waals surface area contributed by atoms with Gasteiger partial charge in [0.15, 0.2) is 0 Å². The van der Waals surface area contributed by atoms with E-state index in [0.29, 0.717) is 5.92 Å². The zero-order valence-corrected chi connectivity index (χ0v) is 11.6. The number of benzene rings is 1. The Bertz CT molecular complexity index is 521. The smallest absolute Gasteiger partial charge is 0.109 e. The highest BCUT2D eigenvalue weighted by Crippen LogP contribution is 2.28. The number of hydrogen-bond donors (Lipinski definition) is 1. The normalized spacial score (nSPS) is 17.1. The van der Waals surface area contributed by atoms with Crippen molar-refractivity contribution in [3.8, 4) is 0 Å². The number of aryl methyl sites for hydroxylation is 2. The van der Waals surface area contributed by atoms with Gasteiger partial charge in [0.1, 0.15) is 5.82 Å². The van der Waals surface area contributed by atoms with Gasteiger partial charge in [-0.3, -0.25) is 0 Å². The molecule has 1 aromatic heterocycles. The van der Waals surface area contributed by atoms with Crippen LogP contribution >= 0.6 is 0 Å². The maximum atomic E-state index is 4.71. The van der Waals surface area contributed by atoms with Crippen molar-refractivity contribution in [2.45, 2.75) is 52.4 Å². The van der Waals surface area contributed by atoms with Crippen molar-refractivity contribution in [3.05, 3.63) is 29.1 Å². The van der Waals surface area contributed by atoms with E-state index in [1.165, 1.54) is 42.3 Å². The van der Waals surface area contributed by atoms with E-state index in [1.807, 2.05) is 0 Å². The van der Waals surface area contributed by atoms with Crippen molar-refractivity contribution in [3.63, 3.8) is 0 Å². The number of imidazole rings is 1. The minimum atomic E-state index is 0.470. The van der Waals surface area contributed by atoms with Gasteiger partial charge in [0.05, 0.1) is 11.0 Å². The summed E-state index contributed by atoms with van der Waals surface area (Å²) in [6, 6.07) is 4.65. The Morgan fingerprint density at radius 1 is 1.17 bits per heavy atom. The molecular formula is C16H22N2. The lowest BCUT2D eigenvalue weighted by Gasteiger charge is -2.04. The molecule has 1 unspecified atom stereocenters. The van der Waals surface area contributed by atoms with Gasteiger partial charge in [0, 0.05) is 5.92 Å². The second-order valence-corrected chi connectivity index (χ2v) is 6.10. The van der Waals surface area contributed by atoms with E-state index in [4.69, 9.17) is 4.98 Å². The van der Waals surface area contributed by atoms with Crippen LogP contribution < -0.4 is 0 Å². The summed E-state index contributed by atoms with van der Waals surface area (Å²) in [5, 5.41) is 0. The van der Waals surface area contributed by atoms with Crippen LogP contribution in [0.2, 0.25) is 0 Å². The summed E-state index contributed by atoms with van der Waals surface area (Å²) in [5.41, 5.74) is 5.42. The van der Waals surface area contributed by atoms with Crippen LogP contribution in [0.1, 0.15) is 56.5 Å². The molecule has 2 aromatic rings. The van der Waals surface area contributed by atoms with Crippen LogP contribution in [-0.4, -0.2) is 9.97 Å². The van der Waals surface area contributed by atoms with Gasteiger partial charge in [-0.05, 0) is 54.9 Å². The summed E-state index contributed by atoms with van der Waals surface area (Å²) < 4.78 is 0. The molecule has 1 aliphatic rings. The lowest BCUT2D eigenvalue weighted by Crippen LogP contribution is -1.92. The summed E-state index contributed by atoms with van der Waals surface area (Å²) in [4.78, 5) is 8.18. The average molecular weight is 242 g/mol. The summed E-state index contributed by atoms with van der Waals surface area (Å²) in [6.45, 7) is 6.74. The van der Waals surface area contributed by atoms with Gasteiger partial charge < -0.3 is 4.98 Å². The number of nitrogens with zero attached hydrogens (tertiary/aromatic N) is 1. The average Bonchev–Trinajstić information content (AvgIpc) is 2.67. The predicted octanol–water partition coefficient (Wildman–Crippen LogP) is 4.20. The molecule has 0 saturated carbocycles. The Labute approximate surface area is 109 Å². The Morgan fingerprint density at radius 2 is 1.83 bits per heavy atom. The van der Waals surface area contributed by atoms with Crippen LogP contribution in [0.15, 0.2) is 12.1 Å². The number of H-pyrrole nitrogens is 1. The fraction of sp³-hybridized carbons (Fsp3) is 0.562. The first kappa shape index (κ1) is 11.8. The third kappa shape index (κ3) is 2.05. The molecule has 1 aromatic carbocycles. The fourth-order valence-electron chi connectivity index (χ4n) is 2.85. The Morgan fingerprint density at radius 3 is 2.50 bits per heavy atom. The third-order valence-electron chi connectivity index (χ3n) is 4.18.